The number of carbonyl (C=O) groups is 1. The Morgan fingerprint density at radius 1 is 1.29 bits per heavy atom. The second kappa shape index (κ2) is 6.00. The van der Waals surface area contributed by atoms with Crippen molar-refractivity contribution in [2.75, 3.05) is 13.2 Å². The molecule has 0 radical (unpaired) electrons. The smallest absolute Gasteiger partial charge is 0.264 e. The first kappa shape index (κ1) is 14.3. The molecule has 1 aliphatic heterocycles. The van der Waals surface area contributed by atoms with Gasteiger partial charge in [-0.3, -0.25) is 4.79 Å². The molecule has 21 heavy (non-hydrogen) atoms. The van der Waals surface area contributed by atoms with Crippen molar-refractivity contribution in [3.05, 3.63) is 57.8 Å². The van der Waals surface area contributed by atoms with Crippen molar-refractivity contribution in [3.8, 4) is 0 Å². The van der Waals surface area contributed by atoms with Gasteiger partial charge in [-0.15, -0.1) is 11.3 Å². The van der Waals surface area contributed by atoms with Crippen LogP contribution >= 0.6 is 11.3 Å². The number of aryl methyl sites for hydroxylation is 1. The molecule has 2 aromatic rings. The van der Waals surface area contributed by atoms with E-state index in [4.69, 9.17) is 4.74 Å². The molecule has 1 amide bonds. The molecule has 2 heterocycles. The lowest BCUT2D eigenvalue weighted by Crippen LogP contribution is -2.48. The summed E-state index contributed by atoms with van der Waals surface area (Å²) in [6, 6.07) is 12.3. The number of benzene rings is 1. The molecule has 0 saturated carbocycles. The fourth-order valence-electron chi connectivity index (χ4n) is 2.56. The van der Waals surface area contributed by atoms with Crippen LogP contribution in [0.15, 0.2) is 41.8 Å². The highest BCUT2D eigenvalue weighted by Gasteiger charge is 2.31. The number of carbonyl (C=O) groups excluding carboxylic acids is 1. The number of hydrogen-bond donors (Lipinski definition) is 0. The summed E-state index contributed by atoms with van der Waals surface area (Å²) in [6.45, 7) is 5.30. The molecule has 0 N–H and O–H groups in total. The Hall–Kier alpha value is -1.65. The monoisotopic (exact) mass is 301 g/mol. The summed E-state index contributed by atoms with van der Waals surface area (Å²) in [7, 11) is 0. The van der Waals surface area contributed by atoms with Gasteiger partial charge in [0.1, 0.15) is 6.10 Å². The van der Waals surface area contributed by atoms with Crippen LogP contribution in [-0.2, 0) is 4.74 Å². The van der Waals surface area contributed by atoms with E-state index in [1.165, 1.54) is 16.9 Å². The Balaban J connectivity index is 1.78. The molecule has 0 spiro atoms. The minimum absolute atomic E-state index is 0.0364. The van der Waals surface area contributed by atoms with Crippen LogP contribution in [0.1, 0.15) is 33.8 Å². The summed E-state index contributed by atoms with van der Waals surface area (Å²) in [5.74, 6) is 0.109. The van der Waals surface area contributed by atoms with Gasteiger partial charge in [0.25, 0.3) is 5.91 Å². The zero-order chi connectivity index (χ0) is 14.8. The summed E-state index contributed by atoms with van der Waals surface area (Å²) in [4.78, 5) is 15.3. The van der Waals surface area contributed by atoms with Gasteiger partial charge in [-0.25, -0.2) is 0 Å². The standard InChI is InChI=1S/C17H19NO2S/c1-12-5-7-14(8-6-12)15-10-18(13(2)11-20-15)17(19)16-4-3-9-21-16/h3-9,13,15H,10-11H2,1-2H3. The molecule has 1 aliphatic rings. The first-order valence-electron chi connectivity index (χ1n) is 7.18. The van der Waals surface area contributed by atoms with Crippen molar-refractivity contribution < 1.29 is 9.53 Å². The molecule has 4 heteroatoms. The maximum absolute atomic E-state index is 12.6. The fourth-order valence-corrected chi connectivity index (χ4v) is 3.24. The van der Waals surface area contributed by atoms with Gasteiger partial charge in [0.05, 0.1) is 24.1 Å². The summed E-state index contributed by atoms with van der Waals surface area (Å²) in [5.41, 5.74) is 2.37. The van der Waals surface area contributed by atoms with Gasteiger partial charge in [-0.1, -0.05) is 35.9 Å². The van der Waals surface area contributed by atoms with Gasteiger partial charge >= 0.3 is 0 Å². The Labute approximate surface area is 129 Å². The van der Waals surface area contributed by atoms with Crippen LogP contribution in [0.4, 0.5) is 0 Å². The Morgan fingerprint density at radius 2 is 2.05 bits per heavy atom. The van der Waals surface area contributed by atoms with Crippen molar-refractivity contribution in [1.29, 1.82) is 0 Å². The van der Waals surface area contributed by atoms with Gasteiger partial charge in [-0.2, -0.15) is 0 Å². The van der Waals surface area contributed by atoms with Crippen LogP contribution in [0.25, 0.3) is 0 Å². The van der Waals surface area contributed by atoms with Crippen LogP contribution in [0.2, 0.25) is 0 Å². The molecule has 1 aromatic carbocycles. The number of morpholine rings is 1. The molecule has 1 fully saturated rings. The van der Waals surface area contributed by atoms with E-state index in [0.717, 1.165) is 10.4 Å². The second-order valence-corrected chi connectivity index (χ2v) is 6.46. The van der Waals surface area contributed by atoms with Crippen LogP contribution < -0.4 is 0 Å². The lowest BCUT2D eigenvalue weighted by atomic mass is 10.0. The minimum Gasteiger partial charge on any atom is -0.370 e. The third-order valence-electron chi connectivity index (χ3n) is 3.88. The van der Waals surface area contributed by atoms with E-state index in [2.05, 4.69) is 31.2 Å². The Kier molecular flexibility index (Phi) is 4.08. The quantitative estimate of drug-likeness (QED) is 0.847. The van der Waals surface area contributed by atoms with Crippen molar-refractivity contribution in [2.24, 2.45) is 0 Å². The SMILES string of the molecule is Cc1ccc(C2CN(C(=O)c3cccs3)C(C)CO2)cc1. The van der Waals surface area contributed by atoms with Gasteiger partial charge in [-0.05, 0) is 30.9 Å². The fraction of sp³-hybridized carbons (Fsp3) is 0.353. The van der Waals surface area contributed by atoms with Crippen molar-refractivity contribution >= 4 is 17.2 Å². The highest BCUT2D eigenvalue weighted by atomic mass is 32.1. The van der Waals surface area contributed by atoms with E-state index >= 15 is 0 Å². The van der Waals surface area contributed by atoms with Gasteiger partial charge in [0.15, 0.2) is 0 Å². The molecule has 1 aromatic heterocycles. The summed E-state index contributed by atoms with van der Waals surface area (Å²) >= 11 is 1.49. The molecule has 2 unspecified atom stereocenters. The van der Waals surface area contributed by atoms with Gasteiger partial charge < -0.3 is 9.64 Å². The maximum Gasteiger partial charge on any atom is 0.264 e. The van der Waals surface area contributed by atoms with E-state index in [1.807, 2.05) is 29.3 Å². The zero-order valence-electron chi connectivity index (χ0n) is 12.3. The molecular weight excluding hydrogens is 282 g/mol. The number of thiophene rings is 1. The second-order valence-electron chi connectivity index (χ2n) is 5.52. The van der Waals surface area contributed by atoms with Gasteiger partial charge in [0, 0.05) is 0 Å². The highest BCUT2D eigenvalue weighted by Crippen LogP contribution is 2.27. The lowest BCUT2D eigenvalue weighted by molar-refractivity contribution is -0.0485. The Bertz CT molecular complexity index is 606. The molecule has 3 nitrogen and oxygen atoms in total. The molecule has 0 aliphatic carbocycles. The van der Waals surface area contributed by atoms with Crippen LogP contribution in [-0.4, -0.2) is 30.0 Å². The molecule has 0 bridgehead atoms. The van der Waals surface area contributed by atoms with Crippen molar-refractivity contribution in [2.45, 2.75) is 26.0 Å². The largest absolute Gasteiger partial charge is 0.370 e. The average molecular weight is 301 g/mol. The number of nitrogens with zero attached hydrogens (tertiary/aromatic N) is 1. The third-order valence-corrected chi connectivity index (χ3v) is 4.73. The predicted molar refractivity (Wildman–Crippen MR) is 84.7 cm³/mol. The van der Waals surface area contributed by atoms with E-state index in [9.17, 15) is 4.79 Å². The van der Waals surface area contributed by atoms with Crippen molar-refractivity contribution in [1.82, 2.24) is 4.90 Å². The van der Waals surface area contributed by atoms with Crippen molar-refractivity contribution in [3.63, 3.8) is 0 Å². The predicted octanol–water partition coefficient (Wildman–Crippen LogP) is 3.66. The first-order chi connectivity index (χ1) is 10.1. The average Bonchev–Trinajstić information content (AvgIpc) is 3.02. The summed E-state index contributed by atoms with van der Waals surface area (Å²) in [5, 5.41) is 1.94. The van der Waals surface area contributed by atoms with E-state index in [0.29, 0.717) is 13.2 Å². The molecule has 110 valence electrons. The minimum atomic E-state index is -0.0364. The number of rotatable bonds is 2. The normalized spacial score (nSPS) is 22.3. The topological polar surface area (TPSA) is 29.5 Å². The zero-order valence-corrected chi connectivity index (χ0v) is 13.1. The Morgan fingerprint density at radius 3 is 2.71 bits per heavy atom. The summed E-state index contributed by atoms with van der Waals surface area (Å²) in [6.07, 6.45) is -0.0364. The molecular formula is C17H19NO2S. The van der Waals surface area contributed by atoms with Crippen LogP contribution in [0, 0.1) is 6.92 Å². The highest BCUT2D eigenvalue weighted by molar-refractivity contribution is 7.12. The molecule has 2 atom stereocenters. The van der Waals surface area contributed by atoms with E-state index < -0.39 is 0 Å². The van der Waals surface area contributed by atoms with E-state index in [1.54, 1.807) is 0 Å². The first-order valence-corrected chi connectivity index (χ1v) is 8.06. The number of hydrogen-bond acceptors (Lipinski definition) is 3. The lowest BCUT2D eigenvalue weighted by Gasteiger charge is -2.38. The number of amides is 1. The van der Waals surface area contributed by atoms with Crippen LogP contribution in [0.3, 0.4) is 0 Å². The summed E-state index contributed by atoms with van der Waals surface area (Å²) < 4.78 is 5.92. The van der Waals surface area contributed by atoms with Gasteiger partial charge in [0.2, 0.25) is 0 Å². The molecule has 3 rings (SSSR count). The van der Waals surface area contributed by atoms with E-state index in [-0.39, 0.29) is 18.1 Å². The number of ether oxygens (including phenoxy) is 1. The third kappa shape index (κ3) is 3.01. The maximum atomic E-state index is 12.6. The van der Waals surface area contributed by atoms with Crippen LogP contribution in [0.5, 0.6) is 0 Å². The molecule has 1 saturated heterocycles.